The van der Waals surface area contributed by atoms with Crippen LogP contribution in [0.15, 0.2) is 36.4 Å². The Balaban J connectivity index is 1.33. The van der Waals surface area contributed by atoms with Crippen molar-refractivity contribution in [2.24, 2.45) is 17.8 Å². The Morgan fingerprint density at radius 1 is 0.861 bits per heavy atom. The van der Waals surface area contributed by atoms with Crippen molar-refractivity contribution in [1.29, 1.82) is 0 Å². The lowest BCUT2D eigenvalue weighted by molar-refractivity contribution is -0.140. The summed E-state index contributed by atoms with van der Waals surface area (Å²) in [6.45, 7) is 2.26. The smallest absolute Gasteiger partial charge is 0.419 e. The molecule has 0 N–H and O–H groups in total. The fraction of sp³-hybridized carbons (Fsp3) is 0.552. The predicted molar refractivity (Wildman–Crippen MR) is 128 cm³/mol. The first-order valence-corrected chi connectivity index (χ1v) is 13.0. The van der Waals surface area contributed by atoms with Crippen LogP contribution in [-0.4, -0.2) is 5.97 Å². The average molecular weight is 509 g/mol. The molecule has 2 aromatic carbocycles. The highest BCUT2D eigenvalue weighted by Gasteiger charge is 2.34. The number of esters is 1. The highest BCUT2D eigenvalue weighted by molar-refractivity contribution is 5.91. The van der Waals surface area contributed by atoms with Crippen molar-refractivity contribution < 1.29 is 31.5 Å². The van der Waals surface area contributed by atoms with Crippen molar-refractivity contribution in [2.45, 2.75) is 83.2 Å². The molecule has 0 heterocycles. The van der Waals surface area contributed by atoms with E-state index in [0.717, 1.165) is 55.1 Å². The molecule has 0 saturated heterocycles. The van der Waals surface area contributed by atoms with Crippen LogP contribution in [0.2, 0.25) is 0 Å². The van der Waals surface area contributed by atoms with Gasteiger partial charge in [-0.3, -0.25) is 0 Å². The molecule has 0 atom stereocenters. The number of hydrogen-bond acceptors (Lipinski definition) is 2. The van der Waals surface area contributed by atoms with Crippen molar-refractivity contribution >= 4 is 5.97 Å². The van der Waals surface area contributed by atoms with Gasteiger partial charge in [-0.25, -0.2) is 13.6 Å². The van der Waals surface area contributed by atoms with E-state index in [2.05, 4.69) is 6.92 Å². The van der Waals surface area contributed by atoms with Crippen LogP contribution in [0, 0.1) is 29.4 Å². The minimum absolute atomic E-state index is 0.237. The maximum Gasteiger partial charge on any atom is 0.419 e. The topological polar surface area (TPSA) is 26.3 Å². The number of benzene rings is 2. The normalized spacial score (nSPS) is 24.9. The van der Waals surface area contributed by atoms with E-state index >= 15 is 0 Å². The van der Waals surface area contributed by atoms with Gasteiger partial charge in [0.2, 0.25) is 0 Å². The monoisotopic (exact) mass is 508 g/mol. The predicted octanol–water partition coefficient (Wildman–Crippen LogP) is 9.08. The van der Waals surface area contributed by atoms with Crippen LogP contribution in [0.3, 0.4) is 0 Å². The first kappa shape index (κ1) is 26.6. The quantitative estimate of drug-likeness (QED) is 0.221. The Labute approximate surface area is 209 Å². The van der Waals surface area contributed by atoms with Crippen molar-refractivity contribution in [3.8, 4) is 5.75 Å². The summed E-state index contributed by atoms with van der Waals surface area (Å²) in [6, 6.07) is 6.21. The Kier molecular flexibility index (Phi) is 8.36. The highest BCUT2D eigenvalue weighted by Crippen LogP contribution is 2.44. The number of halogens is 5. The standard InChI is InChI=1S/C29H33F5O2/c1-2-3-18-4-6-19(7-5-18)20-8-10-21(11-9-20)22-12-14-24(26(30)16-22)28(35)36-23-13-15-25(27(31)17-23)29(32,33)34/h12-21H,2-11H2,1H3. The van der Waals surface area contributed by atoms with E-state index in [0.29, 0.717) is 12.1 Å². The van der Waals surface area contributed by atoms with Crippen molar-refractivity contribution in [3.05, 3.63) is 64.7 Å². The third-order valence-corrected chi connectivity index (χ3v) is 8.17. The molecule has 0 spiro atoms. The molecule has 0 aliphatic heterocycles. The molecule has 2 fully saturated rings. The van der Waals surface area contributed by atoms with E-state index in [1.165, 1.54) is 50.7 Å². The largest absolute Gasteiger partial charge is 0.423 e. The van der Waals surface area contributed by atoms with Gasteiger partial charge in [-0.2, -0.15) is 13.2 Å². The summed E-state index contributed by atoms with van der Waals surface area (Å²) in [5, 5.41) is 0. The van der Waals surface area contributed by atoms with Gasteiger partial charge in [-0.1, -0.05) is 38.7 Å². The molecule has 7 heteroatoms. The van der Waals surface area contributed by atoms with Crippen LogP contribution in [0.5, 0.6) is 5.75 Å². The van der Waals surface area contributed by atoms with Gasteiger partial charge in [0, 0.05) is 6.07 Å². The second-order valence-electron chi connectivity index (χ2n) is 10.4. The van der Waals surface area contributed by atoms with Gasteiger partial charge in [-0.15, -0.1) is 0 Å². The molecule has 0 radical (unpaired) electrons. The molecule has 196 valence electrons. The number of ether oxygens (including phenoxy) is 1. The summed E-state index contributed by atoms with van der Waals surface area (Å²) < 4.78 is 71.6. The molecule has 2 aliphatic carbocycles. The van der Waals surface area contributed by atoms with E-state index < -0.39 is 35.1 Å². The molecule has 36 heavy (non-hydrogen) atoms. The maximum atomic E-state index is 14.8. The van der Waals surface area contributed by atoms with E-state index in [9.17, 15) is 26.7 Å². The molecule has 2 aliphatic rings. The van der Waals surface area contributed by atoms with Crippen molar-refractivity contribution in [2.75, 3.05) is 0 Å². The molecule has 0 aromatic heterocycles. The third kappa shape index (κ3) is 6.27. The summed E-state index contributed by atoms with van der Waals surface area (Å²) in [5.41, 5.74) is -0.956. The zero-order valence-corrected chi connectivity index (χ0v) is 20.6. The summed E-state index contributed by atoms with van der Waals surface area (Å²) in [6.07, 6.45) is 7.36. The molecule has 2 nitrogen and oxygen atoms in total. The van der Waals surface area contributed by atoms with Gasteiger partial charge < -0.3 is 4.74 Å². The SMILES string of the molecule is CCCC1CCC(C2CCC(c3ccc(C(=O)Oc4ccc(C(F)(F)F)c(F)c4)c(F)c3)CC2)CC1. The van der Waals surface area contributed by atoms with E-state index in [4.69, 9.17) is 4.74 Å². The van der Waals surface area contributed by atoms with Crippen LogP contribution in [-0.2, 0) is 6.18 Å². The molecule has 0 amide bonds. The number of carbonyl (C=O) groups excluding carboxylic acids is 1. The second-order valence-corrected chi connectivity index (χ2v) is 10.4. The maximum absolute atomic E-state index is 14.8. The molecule has 2 aromatic rings. The Bertz CT molecular complexity index is 1050. The summed E-state index contributed by atoms with van der Waals surface area (Å²) in [5.74, 6) is -1.13. The van der Waals surface area contributed by atoms with E-state index in [1.807, 2.05) is 0 Å². The highest BCUT2D eigenvalue weighted by atomic mass is 19.4. The Morgan fingerprint density at radius 2 is 1.50 bits per heavy atom. The van der Waals surface area contributed by atoms with Crippen LogP contribution in [0.25, 0.3) is 0 Å². The lowest BCUT2D eigenvalue weighted by Gasteiger charge is -2.38. The lowest BCUT2D eigenvalue weighted by Crippen LogP contribution is -2.25. The number of rotatable bonds is 6. The van der Waals surface area contributed by atoms with Gasteiger partial charge in [0.1, 0.15) is 17.4 Å². The lowest BCUT2D eigenvalue weighted by atomic mass is 9.68. The van der Waals surface area contributed by atoms with Gasteiger partial charge >= 0.3 is 12.1 Å². The Morgan fingerprint density at radius 3 is 2.06 bits per heavy atom. The number of alkyl halides is 3. The molecule has 4 rings (SSSR count). The summed E-state index contributed by atoms with van der Waals surface area (Å²) >= 11 is 0. The van der Waals surface area contributed by atoms with E-state index in [1.54, 1.807) is 6.07 Å². The van der Waals surface area contributed by atoms with Crippen LogP contribution < -0.4 is 4.74 Å². The van der Waals surface area contributed by atoms with Crippen LogP contribution in [0.4, 0.5) is 22.0 Å². The van der Waals surface area contributed by atoms with Crippen molar-refractivity contribution in [3.63, 3.8) is 0 Å². The number of hydrogen-bond donors (Lipinski definition) is 0. The fourth-order valence-corrected chi connectivity index (χ4v) is 6.18. The minimum atomic E-state index is -4.86. The molecule has 0 bridgehead atoms. The van der Waals surface area contributed by atoms with Gasteiger partial charge in [0.25, 0.3) is 0 Å². The zero-order valence-electron chi connectivity index (χ0n) is 20.6. The minimum Gasteiger partial charge on any atom is -0.423 e. The Hall–Kier alpha value is -2.44. The fourth-order valence-electron chi connectivity index (χ4n) is 6.18. The molecular weight excluding hydrogens is 475 g/mol. The van der Waals surface area contributed by atoms with Crippen LogP contribution in [0.1, 0.15) is 98.5 Å². The summed E-state index contributed by atoms with van der Waals surface area (Å²) in [7, 11) is 0. The number of carbonyl (C=O) groups is 1. The first-order chi connectivity index (χ1) is 17.2. The van der Waals surface area contributed by atoms with Gasteiger partial charge in [0.15, 0.2) is 0 Å². The van der Waals surface area contributed by atoms with Gasteiger partial charge in [-0.05, 0) is 92.0 Å². The van der Waals surface area contributed by atoms with Crippen LogP contribution >= 0.6 is 0 Å². The van der Waals surface area contributed by atoms with Gasteiger partial charge in [0.05, 0.1) is 11.1 Å². The van der Waals surface area contributed by atoms with E-state index in [-0.39, 0.29) is 11.5 Å². The zero-order chi connectivity index (χ0) is 25.9. The molecule has 0 unspecified atom stereocenters. The molecule has 2 saturated carbocycles. The second kappa shape index (κ2) is 11.3. The first-order valence-electron chi connectivity index (χ1n) is 13.0. The van der Waals surface area contributed by atoms with Crippen molar-refractivity contribution in [1.82, 2.24) is 0 Å². The summed E-state index contributed by atoms with van der Waals surface area (Å²) in [4.78, 5) is 12.4. The molecular formula is C29H33F5O2. The third-order valence-electron chi connectivity index (χ3n) is 8.17. The average Bonchev–Trinajstić information content (AvgIpc) is 2.84.